The summed E-state index contributed by atoms with van der Waals surface area (Å²) in [6, 6.07) is 5.59. The van der Waals surface area contributed by atoms with Gasteiger partial charge >= 0.3 is 12.1 Å². The molecule has 0 atom stereocenters. The van der Waals surface area contributed by atoms with E-state index in [1.54, 1.807) is 26.8 Å². The van der Waals surface area contributed by atoms with Crippen molar-refractivity contribution in [1.82, 2.24) is 5.32 Å². The number of carbonyl (C=O) groups excluding carboxylic acids is 2. The standard InChI is InChI=1S/C23H37NO6Si/c1-22(2,3)30-21(26)24-18(20(25)28-8)14-17-13-16(11-12-19(17)27-7)15-29-31(9,10)23(4,5)6/h11-14H,15H2,1-10H3,(H,24,26)/b18-14-. The van der Waals surface area contributed by atoms with E-state index in [1.165, 1.54) is 20.3 Å². The van der Waals surface area contributed by atoms with Crippen LogP contribution in [0.5, 0.6) is 5.75 Å². The Labute approximate surface area is 187 Å². The summed E-state index contributed by atoms with van der Waals surface area (Å²) in [5.74, 6) is -0.153. The summed E-state index contributed by atoms with van der Waals surface area (Å²) in [6.45, 7) is 16.6. The Morgan fingerprint density at radius 3 is 2.16 bits per heavy atom. The van der Waals surface area contributed by atoms with Crippen LogP contribution in [0.2, 0.25) is 18.1 Å². The van der Waals surface area contributed by atoms with Crippen LogP contribution >= 0.6 is 0 Å². The second-order valence-corrected chi connectivity index (χ2v) is 14.6. The number of alkyl carbamates (subject to hydrolysis) is 1. The van der Waals surface area contributed by atoms with Gasteiger partial charge in [-0.3, -0.25) is 5.32 Å². The van der Waals surface area contributed by atoms with Gasteiger partial charge < -0.3 is 18.6 Å². The minimum absolute atomic E-state index is 0.0579. The first kappa shape index (κ1) is 26.7. The lowest BCUT2D eigenvalue weighted by molar-refractivity contribution is -0.136. The molecule has 1 rings (SSSR count). The van der Waals surface area contributed by atoms with Crippen LogP contribution in [0.25, 0.3) is 6.08 Å². The van der Waals surface area contributed by atoms with E-state index in [4.69, 9.17) is 18.6 Å². The van der Waals surface area contributed by atoms with Gasteiger partial charge in [0, 0.05) is 5.56 Å². The molecule has 0 bridgehead atoms. The Bertz CT molecular complexity index is 818. The van der Waals surface area contributed by atoms with Crippen molar-refractivity contribution in [2.24, 2.45) is 0 Å². The molecule has 1 N–H and O–H groups in total. The van der Waals surface area contributed by atoms with E-state index in [2.05, 4.69) is 39.2 Å². The van der Waals surface area contributed by atoms with E-state index in [0.29, 0.717) is 17.9 Å². The average molecular weight is 452 g/mol. The Balaban J connectivity index is 3.22. The maximum Gasteiger partial charge on any atom is 0.412 e. The number of hydrogen-bond donors (Lipinski definition) is 1. The second kappa shape index (κ2) is 10.3. The number of methoxy groups -OCH3 is 2. The number of carbonyl (C=O) groups is 2. The summed E-state index contributed by atoms with van der Waals surface area (Å²) >= 11 is 0. The molecule has 0 aromatic heterocycles. The highest BCUT2D eigenvalue weighted by molar-refractivity contribution is 6.74. The summed E-state index contributed by atoms with van der Waals surface area (Å²) < 4.78 is 21.8. The lowest BCUT2D eigenvalue weighted by Gasteiger charge is -2.36. The fourth-order valence-electron chi connectivity index (χ4n) is 2.29. The van der Waals surface area contributed by atoms with E-state index >= 15 is 0 Å². The average Bonchev–Trinajstić information content (AvgIpc) is 2.63. The fourth-order valence-corrected chi connectivity index (χ4v) is 3.25. The number of esters is 1. The van der Waals surface area contributed by atoms with E-state index < -0.39 is 26.0 Å². The Hall–Kier alpha value is -2.32. The van der Waals surface area contributed by atoms with Gasteiger partial charge in [-0.25, -0.2) is 9.59 Å². The normalized spacial score (nSPS) is 12.9. The molecule has 0 unspecified atom stereocenters. The van der Waals surface area contributed by atoms with Gasteiger partial charge in [-0.1, -0.05) is 26.8 Å². The molecule has 8 heteroatoms. The van der Waals surface area contributed by atoms with Crippen molar-refractivity contribution in [2.75, 3.05) is 14.2 Å². The molecule has 174 valence electrons. The van der Waals surface area contributed by atoms with Gasteiger partial charge in [0.2, 0.25) is 0 Å². The first-order valence-electron chi connectivity index (χ1n) is 10.2. The lowest BCUT2D eigenvalue weighted by Crippen LogP contribution is -2.40. The van der Waals surface area contributed by atoms with Crippen LogP contribution < -0.4 is 10.1 Å². The molecule has 0 aliphatic carbocycles. The molecule has 0 fully saturated rings. The first-order chi connectivity index (χ1) is 14.1. The number of rotatable bonds is 7. The van der Waals surface area contributed by atoms with Crippen LogP contribution in [-0.2, 0) is 25.3 Å². The van der Waals surface area contributed by atoms with Crippen LogP contribution in [0.4, 0.5) is 4.79 Å². The van der Waals surface area contributed by atoms with Crippen molar-refractivity contribution in [1.29, 1.82) is 0 Å². The SMILES string of the molecule is COC(=O)/C(=C/c1cc(CO[Si](C)(C)C(C)(C)C)ccc1OC)NC(=O)OC(C)(C)C. The highest BCUT2D eigenvalue weighted by Crippen LogP contribution is 2.37. The zero-order chi connectivity index (χ0) is 24.0. The minimum Gasteiger partial charge on any atom is -0.496 e. The smallest absolute Gasteiger partial charge is 0.412 e. The zero-order valence-electron chi connectivity index (χ0n) is 20.5. The van der Waals surface area contributed by atoms with E-state index in [1.807, 2.05) is 12.1 Å². The molecule has 1 amide bonds. The molecule has 31 heavy (non-hydrogen) atoms. The van der Waals surface area contributed by atoms with Gasteiger partial charge in [0.05, 0.1) is 20.8 Å². The van der Waals surface area contributed by atoms with Crippen LogP contribution in [0.3, 0.4) is 0 Å². The molecule has 1 aromatic rings. The monoisotopic (exact) mass is 451 g/mol. The van der Waals surface area contributed by atoms with Gasteiger partial charge in [0.1, 0.15) is 17.0 Å². The molecule has 0 saturated carbocycles. The third-order valence-corrected chi connectivity index (χ3v) is 9.52. The molecule has 0 aliphatic rings. The summed E-state index contributed by atoms with van der Waals surface area (Å²) in [5.41, 5.74) is 0.774. The molecule has 0 aliphatic heterocycles. The van der Waals surface area contributed by atoms with E-state index in [0.717, 1.165) is 5.56 Å². The maximum atomic E-state index is 12.2. The van der Waals surface area contributed by atoms with E-state index in [-0.39, 0.29) is 10.7 Å². The van der Waals surface area contributed by atoms with Gasteiger partial charge in [-0.2, -0.15) is 0 Å². The van der Waals surface area contributed by atoms with Gasteiger partial charge in [0.15, 0.2) is 8.32 Å². The molecule has 0 radical (unpaired) electrons. The predicted octanol–water partition coefficient (Wildman–Crippen LogP) is 5.26. The van der Waals surface area contributed by atoms with Crippen molar-refractivity contribution in [3.05, 3.63) is 35.0 Å². The Morgan fingerprint density at radius 2 is 1.68 bits per heavy atom. The van der Waals surface area contributed by atoms with Crippen LogP contribution in [-0.4, -0.2) is 40.2 Å². The van der Waals surface area contributed by atoms with Crippen LogP contribution in [0.1, 0.15) is 52.7 Å². The predicted molar refractivity (Wildman–Crippen MR) is 124 cm³/mol. The van der Waals surface area contributed by atoms with Crippen molar-refractivity contribution >= 4 is 26.5 Å². The lowest BCUT2D eigenvalue weighted by atomic mass is 10.1. The first-order valence-corrected chi connectivity index (χ1v) is 13.1. The van der Waals surface area contributed by atoms with Crippen molar-refractivity contribution in [3.8, 4) is 5.75 Å². The second-order valence-electron chi connectivity index (χ2n) is 9.80. The van der Waals surface area contributed by atoms with Gasteiger partial charge in [-0.05, 0) is 62.7 Å². The third-order valence-electron chi connectivity index (χ3n) is 5.04. The highest BCUT2D eigenvalue weighted by atomic mass is 28.4. The molecule has 0 saturated heterocycles. The number of ether oxygens (including phenoxy) is 3. The summed E-state index contributed by atoms with van der Waals surface area (Å²) in [6.07, 6.45) is 0.755. The summed E-state index contributed by atoms with van der Waals surface area (Å²) in [4.78, 5) is 24.4. The Morgan fingerprint density at radius 1 is 1.06 bits per heavy atom. The molecular weight excluding hydrogens is 414 g/mol. The summed E-state index contributed by atoms with van der Waals surface area (Å²) in [7, 11) is 0.861. The third kappa shape index (κ3) is 8.38. The molecule has 1 aromatic carbocycles. The molecule has 0 spiro atoms. The molecule has 7 nitrogen and oxygen atoms in total. The van der Waals surface area contributed by atoms with Gasteiger partial charge in [-0.15, -0.1) is 0 Å². The van der Waals surface area contributed by atoms with Gasteiger partial charge in [0.25, 0.3) is 0 Å². The number of nitrogens with one attached hydrogen (secondary N) is 1. The van der Waals surface area contributed by atoms with Crippen LogP contribution in [0, 0.1) is 0 Å². The highest BCUT2D eigenvalue weighted by Gasteiger charge is 2.37. The fraction of sp³-hybridized carbons (Fsp3) is 0.565. The van der Waals surface area contributed by atoms with E-state index in [9.17, 15) is 9.59 Å². The quantitative estimate of drug-likeness (QED) is 0.346. The topological polar surface area (TPSA) is 83.1 Å². The van der Waals surface area contributed by atoms with Crippen molar-refractivity contribution in [2.45, 2.75) is 71.9 Å². The molecular formula is C23H37NO6Si. The minimum atomic E-state index is -1.92. The number of benzene rings is 1. The maximum absolute atomic E-state index is 12.2. The zero-order valence-corrected chi connectivity index (χ0v) is 21.5. The largest absolute Gasteiger partial charge is 0.496 e. The number of amides is 1. The van der Waals surface area contributed by atoms with Crippen molar-refractivity contribution in [3.63, 3.8) is 0 Å². The van der Waals surface area contributed by atoms with Crippen LogP contribution in [0.15, 0.2) is 23.9 Å². The molecule has 0 heterocycles. The Kier molecular flexibility index (Phi) is 8.90. The van der Waals surface area contributed by atoms with Crippen molar-refractivity contribution < 1.29 is 28.2 Å². The summed E-state index contributed by atoms with van der Waals surface area (Å²) in [5, 5.41) is 2.56. The number of hydrogen-bond acceptors (Lipinski definition) is 6.